The van der Waals surface area contributed by atoms with Crippen LogP contribution in [0.25, 0.3) is 0 Å². The first-order valence-corrected chi connectivity index (χ1v) is 4.79. The topological polar surface area (TPSA) is 63.3 Å². The molecule has 1 heterocycles. The normalized spacial score (nSPS) is 10.9. The van der Waals surface area contributed by atoms with Gasteiger partial charge in [-0.05, 0) is 12.3 Å². The molecule has 4 nitrogen and oxygen atoms in total. The summed E-state index contributed by atoms with van der Waals surface area (Å²) in [4.78, 5) is 10.8. The van der Waals surface area contributed by atoms with E-state index in [2.05, 4.69) is 5.16 Å². The molecule has 0 aliphatic rings. The van der Waals surface area contributed by atoms with E-state index in [1.807, 2.05) is 20.8 Å². The van der Waals surface area contributed by atoms with Gasteiger partial charge in [0.1, 0.15) is 5.76 Å². The van der Waals surface area contributed by atoms with Gasteiger partial charge in [-0.3, -0.25) is 0 Å². The molecule has 4 heteroatoms. The average Bonchev–Trinajstić information content (AvgIpc) is 2.48. The zero-order valence-corrected chi connectivity index (χ0v) is 8.70. The Morgan fingerprint density at radius 2 is 2.21 bits per heavy atom. The van der Waals surface area contributed by atoms with Gasteiger partial charge in [0.05, 0.1) is 0 Å². The molecule has 0 saturated carbocycles. The molecule has 1 rings (SSSR count). The molecular formula is C10H15NO3. The minimum Gasteiger partial charge on any atom is -0.476 e. The van der Waals surface area contributed by atoms with E-state index in [1.54, 1.807) is 0 Å². The van der Waals surface area contributed by atoms with Crippen molar-refractivity contribution in [2.45, 2.75) is 39.5 Å². The minimum absolute atomic E-state index is 0.0588. The highest BCUT2D eigenvalue weighted by molar-refractivity contribution is 5.87. The highest BCUT2D eigenvalue weighted by atomic mass is 16.5. The molecule has 0 spiro atoms. The molecule has 0 unspecified atom stereocenters. The van der Waals surface area contributed by atoms with Crippen molar-refractivity contribution in [3.8, 4) is 0 Å². The summed E-state index contributed by atoms with van der Waals surface area (Å²) in [7, 11) is 0. The van der Waals surface area contributed by atoms with Crippen molar-refractivity contribution < 1.29 is 14.4 Å². The molecule has 1 aromatic heterocycles. The fourth-order valence-corrected chi connectivity index (χ4v) is 1.49. The van der Waals surface area contributed by atoms with E-state index >= 15 is 0 Å². The van der Waals surface area contributed by atoms with E-state index in [4.69, 9.17) is 9.63 Å². The van der Waals surface area contributed by atoms with E-state index in [0.717, 1.165) is 18.4 Å². The van der Waals surface area contributed by atoms with E-state index in [0.29, 0.717) is 5.76 Å². The number of aromatic nitrogens is 1. The molecule has 0 saturated heterocycles. The van der Waals surface area contributed by atoms with Crippen LogP contribution in [0.2, 0.25) is 0 Å². The van der Waals surface area contributed by atoms with Crippen molar-refractivity contribution in [3.63, 3.8) is 0 Å². The van der Waals surface area contributed by atoms with Crippen LogP contribution < -0.4 is 0 Å². The van der Waals surface area contributed by atoms with Gasteiger partial charge in [-0.15, -0.1) is 0 Å². The van der Waals surface area contributed by atoms with Crippen LogP contribution in [0, 0.1) is 0 Å². The predicted molar refractivity (Wildman–Crippen MR) is 51.5 cm³/mol. The van der Waals surface area contributed by atoms with Gasteiger partial charge in [-0.25, -0.2) is 4.79 Å². The van der Waals surface area contributed by atoms with Crippen LogP contribution >= 0.6 is 0 Å². The van der Waals surface area contributed by atoms with Crippen LogP contribution in [-0.4, -0.2) is 16.2 Å². The SMILES string of the molecule is CCCc1onc(C(=O)O)c1C(C)C. The number of carboxylic acids is 1. The molecule has 0 bridgehead atoms. The Hall–Kier alpha value is -1.32. The van der Waals surface area contributed by atoms with E-state index in [-0.39, 0.29) is 11.6 Å². The van der Waals surface area contributed by atoms with Gasteiger partial charge in [-0.1, -0.05) is 25.9 Å². The van der Waals surface area contributed by atoms with Gasteiger partial charge in [0.25, 0.3) is 0 Å². The van der Waals surface area contributed by atoms with Crippen LogP contribution in [0.3, 0.4) is 0 Å². The van der Waals surface area contributed by atoms with Gasteiger partial charge in [-0.2, -0.15) is 0 Å². The average molecular weight is 197 g/mol. The number of aromatic carboxylic acids is 1. The van der Waals surface area contributed by atoms with Crippen molar-refractivity contribution in [3.05, 3.63) is 17.0 Å². The van der Waals surface area contributed by atoms with Crippen molar-refractivity contribution in [1.29, 1.82) is 0 Å². The summed E-state index contributed by atoms with van der Waals surface area (Å²) in [6, 6.07) is 0. The Morgan fingerprint density at radius 3 is 2.64 bits per heavy atom. The molecule has 0 amide bonds. The molecule has 0 aliphatic carbocycles. The van der Waals surface area contributed by atoms with Crippen LogP contribution in [0.15, 0.2) is 4.52 Å². The molecule has 0 atom stereocenters. The number of hydrogen-bond donors (Lipinski definition) is 1. The third-order valence-electron chi connectivity index (χ3n) is 2.06. The number of rotatable bonds is 4. The third-order valence-corrected chi connectivity index (χ3v) is 2.06. The zero-order valence-electron chi connectivity index (χ0n) is 8.70. The van der Waals surface area contributed by atoms with Crippen LogP contribution in [0.5, 0.6) is 0 Å². The van der Waals surface area contributed by atoms with Crippen molar-refractivity contribution in [1.82, 2.24) is 5.16 Å². The van der Waals surface area contributed by atoms with E-state index in [1.165, 1.54) is 0 Å². The maximum Gasteiger partial charge on any atom is 0.358 e. The predicted octanol–water partition coefficient (Wildman–Crippen LogP) is 2.45. The molecule has 1 aromatic rings. The Balaban J connectivity index is 3.13. The van der Waals surface area contributed by atoms with Crippen molar-refractivity contribution in [2.75, 3.05) is 0 Å². The largest absolute Gasteiger partial charge is 0.476 e. The quantitative estimate of drug-likeness (QED) is 0.805. The first-order valence-electron chi connectivity index (χ1n) is 4.79. The number of carboxylic acid groups (broad SMARTS) is 1. The summed E-state index contributed by atoms with van der Waals surface area (Å²) < 4.78 is 5.03. The lowest BCUT2D eigenvalue weighted by Crippen LogP contribution is -2.04. The second kappa shape index (κ2) is 4.26. The first-order chi connectivity index (χ1) is 6.57. The molecule has 0 radical (unpaired) electrons. The molecule has 0 aliphatic heterocycles. The summed E-state index contributed by atoms with van der Waals surface area (Å²) >= 11 is 0. The maximum atomic E-state index is 10.8. The second-order valence-corrected chi connectivity index (χ2v) is 3.58. The van der Waals surface area contributed by atoms with Crippen LogP contribution in [0.1, 0.15) is 54.9 Å². The molecular weight excluding hydrogens is 182 g/mol. The van der Waals surface area contributed by atoms with Gasteiger partial charge >= 0.3 is 5.97 Å². The van der Waals surface area contributed by atoms with Gasteiger partial charge < -0.3 is 9.63 Å². The van der Waals surface area contributed by atoms with Gasteiger partial charge in [0.15, 0.2) is 5.69 Å². The summed E-state index contributed by atoms with van der Waals surface area (Å²) in [6.45, 7) is 5.91. The lowest BCUT2D eigenvalue weighted by molar-refractivity contribution is 0.0684. The summed E-state index contributed by atoms with van der Waals surface area (Å²) in [5.41, 5.74) is 0.794. The fraction of sp³-hybridized carbons (Fsp3) is 0.600. The Labute approximate surface area is 82.9 Å². The third kappa shape index (κ3) is 1.95. The Kier molecular flexibility index (Phi) is 3.28. The fourth-order valence-electron chi connectivity index (χ4n) is 1.49. The lowest BCUT2D eigenvalue weighted by atomic mass is 9.99. The van der Waals surface area contributed by atoms with Crippen LogP contribution in [0.4, 0.5) is 0 Å². The summed E-state index contributed by atoms with van der Waals surface area (Å²) in [5, 5.41) is 12.5. The Bertz CT molecular complexity index is 328. The molecule has 0 fully saturated rings. The highest BCUT2D eigenvalue weighted by Gasteiger charge is 2.22. The van der Waals surface area contributed by atoms with Crippen LogP contribution in [-0.2, 0) is 6.42 Å². The standard InChI is InChI=1S/C10H15NO3/c1-4-5-7-8(6(2)3)9(10(12)13)11-14-7/h6H,4-5H2,1-3H3,(H,12,13). The minimum atomic E-state index is -1.01. The first kappa shape index (κ1) is 10.8. The van der Waals surface area contributed by atoms with Crippen molar-refractivity contribution >= 4 is 5.97 Å². The van der Waals surface area contributed by atoms with E-state index < -0.39 is 5.97 Å². The zero-order chi connectivity index (χ0) is 10.7. The second-order valence-electron chi connectivity index (χ2n) is 3.58. The summed E-state index contributed by atoms with van der Waals surface area (Å²) in [5.74, 6) is -0.173. The number of carbonyl (C=O) groups is 1. The van der Waals surface area contributed by atoms with Gasteiger partial charge in [0, 0.05) is 12.0 Å². The molecule has 1 N–H and O–H groups in total. The number of nitrogens with zero attached hydrogens (tertiary/aromatic N) is 1. The molecule has 0 aromatic carbocycles. The monoisotopic (exact) mass is 197 g/mol. The summed E-state index contributed by atoms with van der Waals surface area (Å²) in [6.07, 6.45) is 1.67. The molecule has 78 valence electrons. The highest BCUT2D eigenvalue weighted by Crippen LogP contribution is 2.24. The number of aryl methyl sites for hydroxylation is 1. The number of hydrogen-bond acceptors (Lipinski definition) is 3. The van der Waals surface area contributed by atoms with Crippen molar-refractivity contribution in [2.24, 2.45) is 0 Å². The lowest BCUT2D eigenvalue weighted by Gasteiger charge is -2.04. The Morgan fingerprint density at radius 1 is 1.57 bits per heavy atom. The molecule has 14 heavy (non-hydrogen) atoms. The maximum absolute atomic E-state index is 10.8. The van der Waals surface area contributed by atoms with E-state index in [9.17, 15) is 4.79 Å². The smallest absolute Gasteiger partial charge is 0.358 e. The van der Waals surface area contributed by atoms with Gasteiger partial charge in [0.2, 0.25) is 0 Å².